The van der Waals surface area contributed by atoms with Crippen LogP contribution in [0.3, 0.4) is 0 Å². The Morgan fingerprint density at radius 2 is 1.87 bits per heavy atom. The highest BCUT2D eigenvalue weighted by Crippen LogP contribution is 2.15. The number of methoxy groups -OCH3 is 1. The van der Waals surface area contributed by atoms with Gasteiger partial charge in [0.1, 0.15) is 5.75 Å². The zero-order valence-electron chi connectivity index (χ0n) is 13.9. The first-order valence-electron chi connectivity index (χ1n) is 7.69. The van der Waals surface area contributed by atoms with E-state index in [4.69, 9.17) is 10.5 Å². The Bertz CT molecular complexity index is 578. The highest BCUT2D eigenvalue weighted by Gasteiger charge is 2.08. The number of rotatable bonds is 8. The van der Waals surface area contributed by atoms with Crippen molar-refractivity contribution in [1.29, 1.82) is 0 Å². The molecule has 0 saturated heterocycles. The molecule has 5 heteroatoms. The third kappa shape index (κ3) is 6.57. The lowest BCUT2D eigenvalue weighted by Crippen LogP contribution is -2.31. The first-order valence-corrected chi connectivity index (χ1v) is 7.69. The summed E-state index contributed by atoms with van der Waals surface area (Å²) >= 11 is 0. The van der Waals surface area contributed by atoms with Crippen LogP contribution in [-0.4, -0.2) is 36.6 Å². The number of nitrogens with zero attached hydrogens (tertiary/aromatic N) is 2. The minimum absolute atomic E-state index is 0. The van der Waals surface area contributed by atoms with Crippen LogP contribution in [0.1, 0.15) is 17.0 Å². The summed E-state index contributed by atoms with van der Waals surface area (Å²) in [5, 5.41) is 0. The maximum Gasteiger partial charge on any atom is 0.122 e. The summed E-state index contributed by atoms with van der Waals surface area (Å²) in [6, 6.07) is 14.5. The summed E-state index contributed by atoms with van der Waals surface area (Å²) in [5.74, 6) is 0.859. The molecule has 1 aromatic heterocycles. The van der Waals surface area contributed by atoms with Gasteiger partial charge in [-0.15, -0.1) is 12.4 Å². The second kappa shape index (κ2) is 10.2. The predicted octanol–water partition coefficient (Wildman–Crippen LogP) is 2.82. The van der Waals surface area contributed by atoms with Gasteiger partial charge in [0, 0.05) is 44.0 Å². The number of ether oxygens (including phenoxy) is 1. The van der Waals surface area contributed by atoms with E-state index in [2.05, 4.69) is 34.1 Å². The van der Waals surface area contributed by atoms with Crippen LogP contribution in [0.4, 0.5) is 0 Å². The minimum Gasteiger partial charge on any atom is -0.497 e. The van der Waals surface area contributed by atoms with Gasteiger partial charge in [0.25, 0.3) is 0 Å². The molecule has 0 saturated carbocycles. The quantitative estimate of drug-likeness (QED) is 0.806. The lowest BCUT2D eigenvalue weighted by Gasteiger charge is -2.21. The Morgan fingerprint density at radius 3 is 2.52 bits per heavy atom. The number of pyridine rings is 1. The summed E-state index contributed by atoms with van der Waals surface area (Å²) in [5.41, 5.74) is 9.10. The summed E-state index contributed by atoms with van der Waals surface area (Å²) in [7, 11) is 1.69. The van der Waals surface area contributed by atoms with Crippen molar-refractivity contribution in [2.24, 2.45) is 5.73 Å². The number of nitrogens with two attached hydrogens (primary N) is 1. The van der Waals surface area contributed by atoms with Gasteiger partial charge >= 0.3 is 0 Å². The van der Waals surface area contributed by atoms with Crippen molar-refractivity contribution in [3.63, 3.8) is 0 Å². The molecule has 0 fully saturated rings. The first-order chi connectivity index (χ1) is 10.7. The molecule has 2 rings (SSSR count). The standard InChI is InChI=1S/C18H25N3O.ClH/c1-15-12-18(22-2)13-17(20-15)14-21(11-9-19)10-8-16-6-4-3-5-7-16;/h3-7,12-13H,8-11,14,19H2,1-2H3;1H. The van der Waals surface area contributed by atoms with Crippen LogP contribution in [0.2, 0.25) is 0 Å². The maximum absolute atomic E-state index is 5.75. The van der Waals surface area contributed by atoms with E-state index >= 15 is 0 Å². The highest BCUT2D eigenvalue weighted by atomic mass is 35.5. The van der Waals surface area contributed by atoms with Crippen molar-refractivity contribution in [1.82, 2.24) is 9.88 Å². The van der Waals surface area contributed by atoms with Gasteiger partial charge < -0.3 is 10.5 Å². The minimum atomic E-state index is 0. The van der Waals surface area contributed by atoms with E-state index < -0.39 is 0 Å². The van der Waals surface area contributed by atoms with Gasteiger partial charge in [-0.2, -0.15) is 0 Å². The third-order valence-electron chi connectivity index (χ3n) is 3.61. The molecule has 0 bridgehead atoms. The summed E-state index contributed by atoms with van der Waals surface area (Å²) < 4.78 is 5.32. The number of aromatic nitrogens is 1. The fraction of sp³-hybridized carbons (Fsp3) is 0.389. The Hall–Kier alpha value is -1.62. The Morgan fingerprint density at radius 1 is 1.13 bits per heavy atom. The molecule has 0 spiro atoms. The highest BCUT2D eigenvalue weighted by molar-refractivity contribution is 5.85. The Balaban J connectivity index is 0.00000264. The van der Waals surface area contributed by atoms with Crippen molar-refractivity contribution in [3.05, 3.63) is 59.4 Å². The second-order valence-corrected chi connectivity index (χ2v) is 5.44. The maximum atomic E-state index is 5.75. The van der Waals surface area contributed by atoms with Crippen LogP contribution in [0.15, 0.2) is 42.5 Å². The van der Waals surface area contributed by atoms with Gasteiger partial charge in [-0.25, -0.2) is 0 Å². The molecule has 1 heterocycles. The van der Waals surface area contributed by atoms with Gasteiger partial charge in [-0.3, -0.25) is 9.88 Å². The molecule has 0 radical (unpaired) electrons. The molecule has 0 amide bonds. The molecule has 23 heavy (non-hydrogen) atoms. The van der Waals surface area contributed by atoms with Crippen LogP contribution in [0.25, 0.3) is 0 Å². The van der Waals surface area contributed by atoms with E-state index in [1.807, 2.05) is 25.1 Å². The lowest BCUT2D eigenvalue weighted by molar-refractivity contribution is 0.272. The molecule has 0 atom stereocenters. The van der Waals surface area contributed by atoms with E-state index in [0.29, 0.717) is 6.54 Å². The van der Waals surface area contributed by atoms with E-state index in [9.17, 15) is 0 Å². The Labute approximate surface area is 145 Å². The largest absolute Gasteiger partial charge is 0.497 e. The number of aryl methyl sites for hydroxylation is 1. The van der Waals surface area contributed by atoms with Crippen molar-refractivity contribution in [2.75, 3.05) is 26.7 Å². The molecule has 2 N–H and O–H groups in total. The topological polar surface area (TPSA) is 51.4 Å². The molecular weight excluding hydrogens is 310 g/mol. The molecular formula is C18H26ClN3O. The van der Waals surface area contributed by atoms with Crippen molar-refractivity contribution in [3.8, 4) is 5.75 Å². The summed E-state index contributed by atoms with van der Waals surface area (Å²) in [6.07, 6.45) is 1.02. The van der Waals surface area contributed by atoms with Crippen molar-refractivity contribution >= 4 is 12.4 Å². The lowest BCUT2D eigenvalue weighted by atomic mass is 10.1. The van der Waals surface area contributed by atoms with Crippen LogP contribution in [0.5, 0.6) is 5.75 Å². The fourth-order valence-electron chi connectivity index (χ4n) is 2.52. The zero-order chi connectivity index (χ0) is 15.8. The average molecular weight is 336 g/mol. The van der Waals surface area contributed by atoms with Crippen LogP contribution < -0.4 is 10.5 Å². The summed E-state index contributed by atoms with van der Waals surface area (Å²) in [4.78, 5) is 6.94. The molecule has 126 valence electrons. The number of benzene rings is 1. The average Bonchev–Trinajstić information content (AvgIpc) is 2.53. The number of halogens is 1. The van der Waals surface area contributed by atoms with E-state index in [0.717, 1.165) is 43.2 Å². The normalized spacial score (nSPS) is 10.4. The number of hydrogen-bond acceptors (Lipinski definition) is 4. The fourth-order valence-corrected chi connectivity index (χ4v) is 2.52. The third-order valence-corrected chi connectivity index (χ3v) is 3.61. The van der Waals surface area contributed by atoms with E-state index in [-0.39, 0.29) is 12.4 Å². The molecule has 0 aliphatic rings. The first kappa shape index (κ1) is 19.4. The predicted molar refractivity (Wildman–Crippen MR) is 97.3 cm³/mol. The van der Waals surface area contributed by atoms with Gasteiger partial charge in [0.2, 0.25) is 0 Å². The molecule has 0 unspecified atom stereocenters. The van der Waals surface area contributed by atoms with Gasteiger partial charge in [0.05, 0.1) is 12.8 Å². The molecule has 0 aliphatic heterocycles. The smallest absolute Gasteiger partial charge is 0.122 e. The van der Waals surface area contributed by atoms with Gasteiger partial charge in [-0.05, 0) is 18.9 Å². The Kier molecular flexibility index (Phi) is 8.62. The molecule has 2 aromatic rings. The molecule has 4 nitrogen and oxygen atoms in total. The monoisotopic (exact) mass is 335 g/mol. The second-order valence-electron chi connectivity index (χ2n) is 5.44. The van der Waals surface area contributed by atoms with Crippen LogP contribution in [0, 0.1) is 6.92 Å². The van der Waals surface area contributed by atoms with Crippen molar-refractivity contribution in [2.45, 2.75) is 19.9 Å². The van der Waals surface area contributed by atoms with Crippen LogP contribution in [-0.2, 0) is 13.0 Å². The number of hydrogen-bond donors (Lipinski definition) is 1. The van der Waals surface area contributed by atoms with E-state index in [1.165, 1.54) is 5.56 Å². The van der Waals surface area contributed by atoms with Crippen LogP contribution >= 0.6 is 12.4 Å². The molecule has 1 aromatic carbocycles. The summed E-state index contributed by atoms with van der Waals surface area (Å²) in [6.45, 7) is 5.27. The zero-order valence-corrected chi connectivity index (χ0v) is 14.7. The van der Waals surface area contributed by atoms with Gasteiger partial charge in [-0.1, -0.05) is 30.3 Å². The van der Waals surface area contributed by atoms with E-state index in [1.54, 1.807) is 7.11 Å². The SMILES string of the molecule is COc1cc(C)nc(CN(CCN)CCc2ccccc2)c1.Cl. The van der Waals surface area contributed by atoms with Crippen molar-refractivity contribution < 1.29 is 4.74 Å². The molecule has 0 aliphatic carbocycles. The van der Waals surface area contributed by atoms with Gasteiger partial charge in [0.15, 0.2) is 0 Å².